The van der Waals surface area contributed by atoms with Crippen molar-refractivity contribution in [1.82, 2.24) is 19.5 Å². The van der Waals surface area contributed by atoms with Crippen molar-refractivity contribution in [2.45, 2.75) is 24.9 Å². The molecule has 0 amide bonds. The monoisotopic (exact) mass is 281 g/mol. The van der Waals surface area contributed by atoms with Gasteiger partial charge in [-0.3, -0.25) is 4.57 Å². The molecule has 0 spiro atoms. The largest absolute Gasteiger partial charge is 0.467 e. The highest BCUT2D eigenvalue weighted by Gasteiger charge is 2.35. The molecule has 9 nitrogen and oxygen atoms in total. The molecule has 9 heteroatoms. The highest BCUT2D eigenvalue weighted by Crippen LogP contribution is 2.31. The Kier molecular flexibility index (Phi) is 3.16. The van der Waals surface area contributed by atoms with Crippen LogP contribution in [0.1, 0.15) is 12.6 Å². The highest BCUT2D eigenvalue weighted by atomic mass is 16.5. The minimum Gasteiger partial charge on any atom is -0.467 e. The molecule has 0 bridgehead atoms. The third kappa shape index (κ3) is 1.96. The predicted molar refractivity (Wildman–Crippen MR) is 67.9 cm³/mol. The zero-order valence-corrected chi connectivity index (χ0v) is 10.8. The third-order valence-corrected chi connectivity index (χ3v) is 3.30. The summed E-state index contributed by atoms with van der Waals surface area (Å²) < 4.78 is 12.2. The van der Waals surface area contributed by atoms with E-state index in [1.807, 2.05) is 0 Å². The average molecular weight is 281 g/mol. The van der Waals surface area contributed by atoms with Gasteiger partial charge in [-0.25, -0.2) is 4.98 Å². The molecular weight excluding hydrogens is 266 g/mol. The summed E-state index contributed by atoms with van der Waals surface area (Å²) in [5.74, 6) is 0.211. The van der Waals surface area contributed by atoms with Crippen LogP contribution in [0.2, 0.25) is 0 Å². The fourth-order valence-electron chi connectivity index (χ4n) is 2.27. The van der Waals surface area contributed by atoms with E-state index in [1.165, 1.54) is 13.4 Å². The van der Waals surface area contributed by atoms with Crippen LogP contribution >= 0.6 is 0 Å². The number of hydrogen-bond donors (Lipinski definition) is 3. The number of methoxy groups -OCH3 is 1. The fraction of sp³-hybridized carbons (Fsp3) is 0.545. The molecule has 0 aliphatic carbocycles. The highest BCUT2D eigenvalue weighted by molar-refractivity contribution is 5.81. The summed E-state index contributed by atoms with van der Waals surface area (Å²) in [5, 5.41) is 18.9. The van der Waals surface area contributed by atoms with Crippen LogP contribution in [-0.2, 0) is 4.74 Å². The number of anilines is 1. The first kappa shape index (κ1) is 13.0. The lowest BCUT2D eigenvalue weighted by molar-refractivity contribution is -0.0432. The molecule has 3 atom stereocenters. The first-order chi connectivity index (χ1) is 9.63. The van der Waals surface area contributed by atoms with E-state index in [0.29, 0.717) is 17.6 Å². The Labute approximate surface area is 114 Å². The molecule has 20 heavy (non-hydrogen) atoms. The lowest BCUT2D eigenvalue weighted by Crippen LogP contribution is -2.24. The number of fused-ring (bicyclic) bond motifs is 1. The van der Waals surface area contributed by atoms with E-state index in [1.54, 1.807) is 4.57 Å². The van der Waals surface area contributed by atoms with Crippen molar-refractivity contribution in [3.8, 4) is 6.01 Å². The van der Waals surface area contributed by atoms with Crippen molar-refractivity contribution in [3.05, 3.63) is 6.33 Å². The summed E-state index contributed by atoms with van der Waals surface area (Å²) >= 11 is 0. The number of nitrogens with two attached hydrogens (primary N) is 1. The summed E-state index contributed by atoms with van der Waals surface area (Å²) in [5.41, 5.74) is 6.69. The van der Waals surface area contributed by atoms with E-state index in [9.17, 15) is 5.11 Å². The fourth-order valence-corrected chi connectivity index (χ4v) is 2.27. The molecule has 1 saturated heterocycles. The summed E-state index contributed by atoms with van der Waals surface area (Å²) in [7, 11) is 1.44. The van der Waals surface area contributed by atoms with Crippen LogP contribution < -0.4 is 10.5 Å². The van der Waals surface area contributed by atoms with Crippen molar-refractivity contribution in [1.29, 1.82) is 0 Å². The number of rotatable bonds is 3. The van der Waals surface area contributed by atoms with Gasteiger partial charge in [-0.05, 0) is 0 Å². The lowest BCUT2D eigenvalue weighted by atomic mass is 10.2. The Morgan fingerprint density at radius 2 is 2.35 bits per heavy atom. The topological polar surface area (TPSA) is 129 Å². The van der Waals surface area contributed by atoms with Crippen LogP contribution in [0.25, 0.3) is 11.2 Å². The van der Waals surface area contributed by atoms with Crippen molar-refractivity contribution in [2.24, 2.45) is 0 Å². The maximum atomic E-state index is 9.78. The molecule has 0 aromatic carbocycles. The third-order valence-electron chi connectivity index (χ3n) is 3.30. The van der Waals surface area contributed by atoms with Gasteiger partial charge in [0.15, 0.2) is 17.0 Å². The van der Waals surface area contributed by atoms with Gasteiger partial charge in [-0.15, -0.1) is 0 Å². The molecule has 3 rings (SSSR count). The second-order valence-corrected chi connectivity index (χ2v) is 4.53. The van der Waals surface area contributed by atoms with Gasteiger partial charge in [-0.1, -0.05) is 0 Å². The maximum Gasteiger partial charge on any atom is 0.320 e. The van der Waals surface area contributed by atoms with E-state index >= 15 is 0 Å². The molecular formula is C11H15N5O4. The van der Waals surface area contributed by atoms with E-state index in [-0.39, 0.29) is 18.4 Å². The van der Waals surface area contributed by atoms with Gasteiger partial charge in [0, 0.05) is 6.42 Å². The molecule has 0 saturated carbocycles. The Morgan fingerprint density at radius 3 is 3.00 bits per heavy atom. The Morgan fingerprint density at radius 1 is 1.55 bits per heavy atom. The van der Waals surface area contributed by atoms with Crippen molar-refractivity contribution >= 4 is 17.0 Å². The molecule has 1 aliphatic heterocycles. The van der Waals surface area contributed by atoms with Crippen LogP contribution in [0.5, 0.6) is 6.01 Å². The van der Waals surface area contributed by atoms with Gasteiger partial charge in [0.1, 0.15) is 12.3 Å². The van der Waals surface area contributed by atoms with Gasteiger partial charge < -0.3 is 25.4 Å². The van der Waals surface area contributed by atoms with Gasteiger partial charge >= 0.3 is 6.01 Å². The number of hydrogen-bond acceptors (Lipinski definition) is 8. The Bertz CT molecular complexity index is 631. The van der Waals surface area contributed by atoms with E-state index < -0.39 is 18.4 Å². The minimum atomic E-state index is -0.733. The van der Waals surface area contributed by atoms with Crippen LogP contribution in [0.3, 0.4) is 0 Å². The second kappa shape index (κ2) is 4.85. The predicted octanol–water partition coefficient (Wildman–Crippen LogP) is -0.942. The number of imidazole rings is 1. The van der Waals surface area contributed by atoms with Crippen LogP contribution in [-0.4, -0.2) is 55.7 Å². The molecule has 1 fully saturated rings. The summed E-state index contributed by atoms with van der Waals surface area (Å²) in [4.78, 5) is 12.3. The summed E-state index contributed by atoms with van der Waals surface area (Å²) in [6.45, 7) is -0.245. The van der Waals surface area contributed by atoms with Crippen LogP contribution in [0.15, 0.2) is 6.33 Å². The zero-order valence-electron chi connectivity index (χ0n) is 10.8. The van der Waals surface area contributed by atoms with Gasteiger partial charge in [0.25, 0.3) is 0 Å². The average Bonchev–Trinajstić information content (AvgIpc) is 3.01. The quantitative estimate of drug-likeness (QED) is 0.657. The molecule has 2 aromatic rings. The number of ether oxygens (including phenoxy) is 2. The van der Waals surface area contributed by atoms with Gasteiger partial charge in [-0.2, -0.15) is 9.97 Å². The van der Waals surface area contributed by atoms with Gasteiger partial charge in [0.05, 0.1) is 26.1 Å². The smallest absolute Gasteiger partial charge is 0.320 e. The van der Waals surface area contributed by atoms with Crippen molar-refractivity contribution < 1.29 is 19.7 Å². The molecule has 1 unspecified atom stereocenters. The number of nitrogens with zero attached hydrogens (tertiary/aromatic N) is 4. The Balaban J connectivity index is 2.02. The number of aliphatic hydroxyl groups is 2. The normalized spacial score (nSPS) is 26.2. The molecule has 2 aromatic heterocycles. The minimum absolute atomic E-state index is 0.133. The summed E-state index contributed by atoms with van der Waals surface area (Å²) in [6, 6.07) is 0.133. The van der Waals surface area contributed by atoms with Gasteiger partial charge in [0.2, 0.25) is 0 Å². The zero-order chi connectivity index (χ0) is 14.3. The van der Waals surface area contributed by atoms with Crippen molar-refractivity contribution in [2.75, 3.05) is 19.5 Å². The molecule has 4 N–H and O–H groups in total. The first-order valence-electron chi connectivity index (χ1n) is 6.12. The van der Waals surface area contributed by atoms with Crippen molar-refractivity contribution in [3.63, 3.8) is 0 Å². The molecule has 0 radical (unpaired) electrons. The number of nitrogen functional groups attached to an aromatic ring is 1. The molecule has 108 valence electrons. The molecule has 3 heterocycles. The maximum absolute atomic E-state index is 9.78. The summed E-state index contributed by atoms with van der Waals surface area (Å²) in [6.07, 6.45) is 0.0445. The molecule has 1 aliphatic rings. The standard InChI is InChI=1S/C11H15N5O4/c1-19-11-14-9(12)8-10(15-11)16(4-13-8)7-2-5(18)6(3-17)20-7/h4-7,17-18H,2-3H2,1H3,(H2,12,14,15)/t5-,6?,7+/m0/s1. The number of aromatic nitrogens is 4. The van der Waals surface area contributed by atoms with Crippen LogP contribution in [0, 0.1) is 0 Å². The number of aliphatic hydroxyl groups excluding tert-OH is 2. The van der Waals surface area contributed by atoms with E-state index in [0.717, 1.165) is 0 Å². The first-order valence-corrected chi connectivity index (χ1v) is 6.12. The SMILES string of the molecule is COc1nc(N)c2ncn([C@H]3C[C@H](O)C(CO)O3)c2n1. The Hall–Kier alpha value is -1.97. The van der Waals surface area contributed by atoms with E-state index in [4.69, 9.17) is 20.3 Å². The van der Waals surface area contributed by atoms with Crippen LogP contribution in [0.4, 0.5) is 5.82 Å². The van der Waals surface area contributed by atoms with E-state index in [2.05, 4.69) is 15.0 Å². The lowest BCUT2D eigenvalue weighted by Gasteiger charge is -2.13. The second-order valence-electron chi connectivity index (χ2n) is 4.53.